The summed E-state index contributed by atoms with van der Waals surface area (Å²) in [5, 5.41) is 0. The fourth-order valence-electron chi connectivity index (χ4n) is 3.40. The number of carbonyl (C=O) groups excluding carboxylic acids is 1. The van der Waals surface area contributed by atoms with Crippen molar-refractivity contribution in [3.05, 3.63) is 53.8 Å². The third kappa shape index (κ3) is 4.36. The highest BCUT2D eigenvalue weighted by Gasteiger charge is 2.23. The molecule has 2 heterocycles. The number of halogens is 1. The van der Waals surface area contributed by atoms with Crippen LogP contribution in [0.1, 0.15) is 16.8 Å². The van der Waals surface area contributed by atoms with Crippen LogP contribution in [0.15, 0.2) is 42.5 Å². The average Bonchev–Trinajstić information content (AvgIpc) is 3.20. The quantitative estimate of drug-likeness (QED) is 0.715. The zero-order chi connectivity index (χ0) is 19.3. The van der Waals surface area contributed by atoms with Crippen molar-refractivity contribution in [3.63, 3.8) is 0 Å². The molecule has 4 rings (SSSR count). The molecule has 6 nitrogen and oxygen atoms in total. The van der Waals surface area contributed by atoms with Crippen LogP contribution in [0.2, 0.25) is 0 Å². The molecule has 7 heteroatoms. The molecule has 0 radical (unpaired) electrons. The van der Waals surface area contributed by atoms with Crippen molar-refractivity contribution in [3.8, 4) is 17.2 Å². The molecule has 0 N–H and O–H groups in total. The molecule has 2 aliphatic rings. The molecule has 148 valence electrons. The van der Waals surface area contributed by atoms with Crippen LogP contribution in [0.4, 0.5) is 4.39 Å². The van der Waals surface area contributed by atoms with Gasteiger partial charge in [-0.3, -0.25) is 9.69 Å². The minimum Gasteiger partial charge on any atom is -0.494 e. The third-order valence-corrected chi connectivity index (χ3v) is 4.98. The van der Waals surface area contributed by atoms with E-state index in [1.165, 1.54) is 12.1 Å². The van der Waals surface area contributed by atoms with Gasteiger partial charge in [0.1, 0.15) is 11.6 Å². The largest absolute Gasteiger partial charge is 0.494 e. The Morgan fingerprint density at radius 1 is 1.00 bits per heavy atom. The Morgan fingerprint density at radius 2 is 1.75 bits per heavy atom. The van der Waals surface area contributed by atoms with E-state index in [-0.39, 0.29) is 18.5 Å². The van der Waals surface area contributed by atoms with Gasteiger partial charge in [-0.15, -0.1) is 0 Å². The monoisotopic (exact) mass is 386 g/mol. The van der Waals surface area contributed by atoms with Gasteiger partial charge >= 0.3 is 0 Å². The van der Waals surface area contributed by atoms with Crippen LogP contribution in [-0.2, 0) is 0 Å². The molecule has 0 bridgehead atoms. The first-order valence-electron chi connectivity index (χ1n) is 9.49. The smallest absolute Gasteiger partial charge is 0.254 e. The molecule has 2 aromatic rings. The summed E-state index contributed by atoms with van der Waals surface area (Å²) in [6, 6.07) is 11.4. The van der Waals surface area contributed by atoms with Crippen LogP contribution in [-0.4, -0.2) is 61.8 Å². The first kappa shape index (κ1) is 18.6. The summed E-state index contributed by atoms with van der Waals surface area (Å²) >= 11 is 0. The number of hydrogen-bond acceptors (Lipinski definition) is 5. The first-order valence-corrected chi connectivity index (χ1v) is 9.49. The molecular formula is C21H23FN2O4. The molecule has 1 saturated heterocycles. The number of hydrogen-bond donors (Lipinski definition) is 0. The molecule has 0 atom stereocenters. The van der Waals surface area contributed by atoms with E-state index in [1.807, 2.05) is 4.90 Å². The molecule has 2 aliphatic heterocycles. The van der Waals surface area contributed by atoms with Crippen molar-refractivity contribution < 1.29 is 23.4 Å². The van der Waals surface area contributed by atoms with E-state index < -0.39 is 0 Å². The molecule has 0 aromatic heterocycles. The van der Waals surface area contributed by atoms with E-state index in [0.29, 0.717) is 42.5 Å². The Hall–Kier alpha value is -2.80. The van der Waals surface area contributed by atoms with Gasteiger partial charge < -0.3 is 19.1 Å². The number of benzene rings is 2. The molecule has 0 aliphatic carbocycles. The summed E-state index contributed by atoms with van der Waals surface area (Å²) < 4.78 is 29.1. The minimum atomic E-state index is -0.263. The van der Waals surface area contributed by atoms with Crippen LogP contribution in [0.3, 0.4) is 0 Å². The van der Waals surface area contributed by atoms with E-state index >= 15 is 0 Å². The average molecular weight is 386 g/mol. The molecule has 0 spiro atoms. The molecule has 0 saturated carbocycles. The Kier molecular flexibility index (Phi) is 5.62. The number of fused-ring (bicyclic) bond motifs is 1. The van der Waals surface area contributed by atoms with Crippen molar-refractivity contribution in [1.29, 1.82) is 0 Å². The summed E-state index contributed by atoms with van der Waals surface area (Å²) in [5.41, 5.74) is 0.630. The standard InChI is InChI=1S/C21H23FN2O4/c22-17-3-5-18(6-4-17)26-13-1-8-23-9-11-24(12-10-23)21(25)16-2-7-19-20(14-16)28-15-27-19/h2-7,14H,1,8-13,15H2. The molecule has 2 aromatic carbocycles. The van der Waals surface area contributed by atoms with Gasteiger partial charge in [-0.05, 0) is 48.9 Å². The van der Waals surface area contributed by atoms with E-state index in [4.69, 9.17) is 14.2 Å². The number of carbonyl (C=O) groups is 1. The zero-order valence-electron chi connectivity index (χ0n) is 15.6. The predicted octanol–water partition coefficient (Wildman–Crippen LogP) is 2.78. The van der Waals surface area contributed by atoms with Gasteiger partial charge in [-0.25, -0.2) is 4.39 Å². The van der Waals surface area contributed by atoms with Crippen molar-refractivity contribution in [2.24, 2.45) is 0 Å². The van der Waals surface area contributed by atoms with E-state index in [2.05, 4.69) is 4.90 Å². The molecule has 1 amide bonds. The van der Waals surface area contributed by atoms with Crippen molar-refractivity contribution in [1.82, 2.24) is 9.80 Å². The topological polar surface area (TPSA) is 51.2 Å². The number of ether oxygens (including phenoxy) is 3. The van der Waals surface area contributed by atoms with Gasteiger partial charge in [0.05, 0.1) is 6.61 Å². The Morgan fingerprint density at radius 3 is 2.54 bits per heavy atom. The second-order valence-electron chi connectivity index (χ2n) is 6.86. The highest BCUT2D eigenvalue weighted by Crippen LogP contribution is 2.32. The van der Waals surface area contributed by atoms with E-state index in [9.17, 15) is 9.18 Å². The van der Waals surface area contributed by atoms with E-state index in [0.717, 1.165) is 26.1 Å². The second kappa shape index (κ2) is 8.48. The SMILES string of the molecule is O=C(c1ccc2c(c1)OCO2)N1CCN(CCCOc2ccc(F)cc2)CC1. The number of rotatable bonds is 6. The number of piperazine rings is 1. The predicted molar refractivity (Wildman–Crippen MR) is 101 cm³/mol. The molecule has 28 heavy (non-hydrogen) atoms. The zero-order valence-corrected chi connectivity index (χ0v) is 15.6. The summed E-state index contributed by atoms with van der Waals surface area (Å²) in [5.74, 6) is 1.76. The lowest BCUT2D eigenvalue weighted by Crippen LogP contribution is -2.49. The summed E-state index contributed by atoms with van der Waals surface area (Å²) in [4.78, 5) is 16.9. The molecule has 0 unspecified atom stereocenters. The lowest BCUT2D eigenvalue weighted by molar-refractivity contribution is 0.0630. The molecular weight excluding hydrogens is 363 g/mol. The highest BCUT2D eigenvalue weighted by atomic mass is 19.1. The van der Waals surface area contributed by atoms with Gasteiger partial charge in [-0.1, -0.05) is 0 Å². The third-order valence-electron chi connectivity index (χ3n) is 4.98. The fourth-order valence-corrected chi connectivity index (χ4v) is 3.40. The summed E-state index contributed by atoms with van der Waals surface area (Å²) in [7, 11) is 0. The lowest BCUT2D eigenvalue weighted by Gasteiger charge is -2.34. The summed E-state index contributed by atoms with van der Waals surface area (Å²) in [6.45, 7) is 4.78. The van der Waals surface area contributed by atoms with Crippen LogP contribution in [0.5, 0.6) is 17.2 Å². The molecule has 1 fully saturated rings. The van der Waals surface area contributed by atoms with Crippen molar-refractivity contribution in [2.75, 3.05) is 46.1 Å². The van der Waals surface area contributed by atoms with Crippen LogP contribution < -0.4 is 14.2 Å². The van der Waals surface area contributed by atoms with Gasteiger partial charge in [0.25, 0.3) is 5.91 Å². The van der Waals surface area contributed by atoms with Crippen LogP contribution in [0.25, 0.3) is 0 Å². The Balaban J connectivity index is 1.19. The van der Waals surface area contributed by atoms with Gasteiger partial charge in [0.2, 0.25) is 6.79 Å². The summed E-state index contributed by atoms with van der Waals surface area (Å²) in [6.07, 6.45) is 0.882. The second-order valence-corrected chi connectivity index (χ2v) is 6.86. The van der Waals surface area contributed by atoms with Gasteiger partial charge in [0.15, 0.2) is 11.5 Å². The fraction of sp³-hybridized carbons (Fsp3) is 0.381. The first-order chi connectivity index (χ1) is 13.7. The number of amides is 1. The lowest BCUT2D eigenvalue weighted by atomic mass is 10.1. The van der Waals surface area contributed by atoms with Gasteiger partial charge in [-0.2, -0.15) is 0 Å². The normalized spacial score (nSPS) is 16.2. The maximum atomic E-state index is 12.9. The Labute approximate surface area is 163 Å². The highest BCUT2D eigenvalue weighted by molar-refractivity contribution is 5.95. The maximum Gasteiger partial charge on any atom is 0.254 e. The van der Waals surface area contributed by atoms with Crippen LogP contribution >= 0.6 is 0 Å². The van der Waals surface area contributed by atoms with E-state index in [1.54, 1.807) is 30.3 Å². The minimum absolute atomic E-state index is 0.0255. The number of nitrogens with zero attached hydrogens (tertiary/aromatic N) is 2. The van der Waals surface area contributed by atoms with Gasteiger partial charge in [0, 0.05) is 38.3 Å². The van der Waals surface area contributed by atoms with Crippen molar-refractivity contribution in [2.45, 2.75) is 6.42 Å². The Bertz CT molecular complexity index is 820. The van der Waals surface area contributed by atoms with Crippen molar-refractivity contribution >= 4 is 5.91 Å². The maximum absolute atomic E-state index is 12.9. The van der Waals surface area contributed by atoms with Crippen LogP contribution in [0, 0.1) is 5.82 Å².